The highest BCUT2D eigenvalue weighted by Gasteiger charge is 2.38. The van der Waals surface area contributed by atoms with E-state index in [2.05, 4.69) is 15.9 Å². The Balaban J connectivity index is 2.15. The van der Waals surface area contributed by atoms with E-state index in [1.54, 1.807) is 27.9 Å². The second-order valence-electron chi connectivity index (χ2n) is 7.66. The van der Waals surface area contributed by atoms with Crippen molar-refractivity contribution in [1.29, 1.82) is 0 Å². The number of hydrogen-bond donors (Lipinski definition) is 0. The van der Waals surface area contributed by atoms with E-state index in [4.69, 9.17) is 9.47 Å². The van der Waals surface area contributed by atoms with Gasteiger partial charge in [0.15, 0.2) is 11.6 Å². The van der Waals surface area contributed by atoms with Gasteiger partial charge < -0.3 is 9.47 Å². The van der Waals surface area contributed by atoms with Crippen LogP contribution in [0.4, 0.5) is 19.3 Å². The van der Waals surface area contributed by atoms with Gasteiger partial charge >= 0.3 is 6.09 Å². The Hall–Kier alpha value is -2.15. The van der Waals surface area contributed by atoms with Crippen LogP contribution in [0.2, 0.25) is 0 Å². The lowest BCUT2D eigenvalue weighted by molar-refractivity contribution is 0.0559. The van der Waals surface area contributed by atoms with E-state index in [9.17, 15) is 13.6 Å². The van der Waals surface area contributed by atoms with Gasteiger partial charge in [0.2, 0.25) is 0 Å². The summed E-state index contributed by atoms with van der Waals surface area (Å²) in [7, 11) is 1.57. The molecule has 0 radical (unpaired) electrons. The zero-order chi connectivity index (χ0) is 20.6. The van der Waals surface area contributed by atoms with Gasteiger partial charge in [0.25, 0.3) is 0 Å². The summed E-state index contributed by atoms with van der Waals surface area (Å²) in [5.41, 5.74) is 0.551. The van der Waals surface area contributed by atoms with E-state index < -0.39 is 29.4 Å². The fourth-order valence-corrected chi connectivity index (χ4v) is 4.02. The van der Waals surface area contributed by atoms with Crippen molar-refractivity contribution in [2.45, 2.75) is 45.3 Å². The van der Waals surface area contributed by atoms with Crippen LogP contribution in [0.1, 0.15) is 44.4 Å². The first-order valence-electron chi connectivity index (χ1n) is 8.95. The standard InChI is InChI=1S/C21H22BrF2NO3/c1-21(2,3)28-20(26)25-17(12-6-5-7-13(10-12)27-4)9-8-14-18(24)16(23)11-15(22)19(14)25/h5-7,10-11,17H,8-9H2,1-4H3. The molecule has 1 heterocycles. The summed E-state index contributed by atoms with van der Waals surface area (Å²) in [5.74, 6) is -1.23. The van der Waals surface area contributed by atoms with Crippen LogP contribution >= 0.6 is 15.9 Å². The fourth-order valence-electron chi connectivity index (χ4n) is 3.38. The normalized spacial score (nSPS) is 16.5. The first-order chi connectivity index (χ1) is 13.1. The van der Waals surface area contributed by atoms with Crippen LogP contribution in [-0.4, -0.2) is 18.8 Å². The highest BCUT2D eigenvalue weighted by Crippen LogP contribution is 2.45. The molecule has 0 saturated carbocycles. The van der Waals surface area contributed by atoms with Gasteiger partial charge in [0.05, 0.1) is 18.8 Å². The lowest BCUT2D eigenvalue weighted by Crippen LogP contribution is -2.42. The molecule has 0 saturated heterocycles. The van der Waals surface area contributed by atoms with Crippen LogP contribution in [0.15, 0.2) is 34.8 Å². The maximum Gasteiger partial charge on any atom is 0.415 e. The number of rotatable bonds is 2. The minimum atomic E-state index is -0.949. The van der Waals surface area contributed by atoms with E-state index in [0.717, 1.165) is 11.6 Å². The molecule has 0 bridgehead atoms. The van der Waals surface area contributed by atoms with Crippen molar-refractivity contribution in [3.63, 3.8) is 0 Å². The molecule has 28 heavy (non-hydrogen) atoms. The Labute approximate surface area is 171 Å². The maximum atomic E-state index is 14.5. The lowest BCUT2D eigenvalue weighted by Gasteiger charge is -2.39. The monoisotopic (exact) mass is 453 g/mol. The number of fused-ring (bicyclic) bond motifs is 1. The van der Waals surface area contributed by atoms with Crippen LogP contribution in [0.25, 0.3) is 0 Å². The van der Waals surface area contributed by atoms with Gasteiger partial charge in [-0.15, -0.1) is 0 Å². The molecule has 150 valence electrons. The van der Waals surface area contributed by atoms with Gasteiger partial charge in [0.1, 0.15) is 11.4 Å². The Morgan fingerprint density at radius 2 is 1.96 bits per heavy atom. The second kappa shape index (κ2) is 7.70. The van der Waals surface area contributed by atoms with Crippen molar-refractivity contribution in [3.8, 4) is 5.75 Å². The highest BCUT2D eigenvalue weighted by atomic mass is 79.9. The van der Waals surface area contributed by atoms with E-state index in [0.29, 0.717) is 28.8 Å². The van der Waals surface area contributed by atoms with Crippen LogP contribution in [0.5, 0.6) is 5.75 Å². The Bertz CT molecular complexity index is 911. The van der Waals surface area contributed by atoms with Crippen LogP contribution < -0.4 is 9.64 Å². The van der Waals surface area contributed by atoms with Gasteiger partial charge in [-0.25, -0.2) is 13.6 Å². The van der Waals surface area contributed by atoms with E-state index in [1.165, 1.54) is 4.90 Å². The van der Waals surface area contributed by atoms with Gasteiger partial charge in [-0.1, -0.05) is 12.1 Å². The van der Waals surface area contributed by atoms with E-state index in [-0.39, 0.29) is 5.56 Å². The summed E-state index contributed by atoms with van der Waals surface area (Å²) in [4.78, 5) is 14.5. The van der Waals surface area contributed by atoms with E-state index in [1.807, 2.05) is 24.3 Å². The molecular weight excluding hydrogens is 432 g/mol. The molecular formula is C21H22BrF2NO3. The summed E-state index contributed by atoms with van der Waals surface area (Å²) in [6, 6.07) is 7.99. The van der Waals surface area contributed by atoms with Gasteiger partial charge in [0, 0.05) is 10.0 Å². The average molecular weight is 454 g/mol. The van der Waals surface area contributed by atoms with Crippen LogP contribution in [-0.2, 0) is 11.2 Å². The largest absolute Gasteiger partial charge is 0.497 e. The average Bonchev–Trinajstić information content (AvgIpc) is 2.63. The summed E-state index contributed by atoms with van der Waals surface area (Å²) >= 11 is 3.30. The number of carbonyl (C=O) groups is 1. The Kier molecular flexibility index (Phi) is 5.66. The minimum absolute atomic E-state index is 0.164. The molecule has 0 N–H and O–H groups in total. The third-order valence-corrected chi connectivity index (χ3v) is 5.13. The van der Waals surface area contributed by atoms with Crippen molar-refractivity contribution < 1.29 is 23.0 Å². The number of nitrogens with zero attached hydrogens (tertiary/aromatic N) is 1. The van der Waals surface area contributed by atoms with Crippen LogP contribution in [0.3, 0.4) is 0 Å². The lowest BCUT2D eigenvalue weighted by atomic mass is 9.91. The predicted molar refractivity (Wildman–Crippen MR) is 107 cm³/mol. The number of carbonyl (C=O) groups excluding carboxylic acids is 1. The molecule has 0 aromatic heterocycles. The SMILES string of the molecule is COc1cccc(C2CCc3c(F)c(F)cc(Br)c3N2C(=O)OC(C)(C)C)c1. The van der Waals surface area contributed by atoms with Crippen molar-refractivity contribution >= 4 is 27.7 Å². The molecule has 1 aliphatic rings. The predicted octanol–water partition coefficient (Wildman–Crippen LogP) is 6.16. The molecule has 2 aromatic carbocycles. The number of benzene rings is 2. The maximum absolute atomic E-state index is 14.5. The molecule has 1 unspecified atom stereocenters. The third-order valence-electron chi connectivity index (χ3n) is 4.53. The quantitative estimate of drug-likeness (QED) is 0.510. The van der Waals surface area contributed by atoms with Gasteiger partial charge in [-0.2, -0.15) is 0 Å². The smallest absolute Gasteiger partial charge is 0.415 e. The van der Waals surface area contributed by atoms with Crippen molar-refractivity contribution in [3.05, 3.63) is 57.6 Å². The highest BCUT2D eigenvalue weighted by molar-refractivity contribution is 9.10. The number of halogens is 3. The molecule has 0 aliphatic carbocycles. The van der Waals surface area contributed by atoms with Gasteiger partial charge in [-0.05, 0) is 73.3 Å². The molecule has 7 heteroatoms. The van der Waals surface area contributed by atoms with Crippen molar-refractivity contribution in [1.82, 2.24) is 0 Å². The molecule has 3 rings (SSSR count). The number of anilines is 1. The second-order valence-corrected chi connectivity index (χ2v) is 8.52. The first kappa shape index (κ1) is 20.6. The van der Waals surface area contributed by atoms with Crippen molar-refractivity contribution in [2.75, 3.05) is 12.0 Å². The molecule has 1 amide bonds. The zero-order valence-corrected chi connectivity index (χ0v) is 17.8. The first-order valence-corrected chi connectivity index (χ1v) is 9.74. The Morgan fingerprint density at radius 1 is 1.25 bits per heavy atom. The zero-order valence-electron chi connectivity index (χ0n) is 16.2. The van der Waals surface area contributed by atoms with Gasteiger partial charge in [-0.3, -0.25) is 4.90 Å². The molecule has 0 spiro atoms. The number of hydrogen-bond acceptors (Lipinski definition) is 3. The fraction of sp³-hybridized carbons (Fsp3) is 0.381. The third kappa shape index (κ3) is 3.99. The topological polar surface area (TPSA) is 38.8 Å². The summed E-state index contributed by atoms with van der Waals surface area (Å²) in [6.07, 6.45) is 0.0956. The summed E-state index contributed by atoms with van der Waals surface area (Å²) < 4.78 is 39.6. The number of methoxy groups -OCH3 is 1. The molecule has 1 aliphatic heterocycles. The van der Waals surface area contributed by atoms with E-state index >= 15 is 0 Å². The minimum Gasteiger partial charge on any atom is -0.497 e. The number of amides is 1. The van der Waals surface area contributed by atoms with Crippen LogP contribution in [0, 0.1) is 11.6 Å². The molecule has 4 nitrogen and oxygen atoms in total. The summed E-state index contributed by atoms with van der Waals surface area (Å²) in [6.45, 7) is 5.28. The Morgan fingerprint density at radius 3 is 2.61 bits per heavy atom. The summed E-state index contributed by atoms with van der Waals surface area (Å²) in [5, 5.41) is 0. The molecule has 1 atom stereocenters. The number of ether oxygens (including phenoxy) is 2. The molecule has 0 fully saturated rings. The molecule has 2 aromatic rings. The van der Waals surface area contributed by atoms with Crippen molar-refractivity contribution in [2.24, 2.45) is 0 Å².